The summed E-state index contributed by atoms with van der Waals surface area (Å²) in [4.78, 5) is 11.7. The predicted molar refractivity (Wildman–Crippen MR) is 81.9 cm³/mol. The third kappa shape index (κ3) is 2.97. The van der Waals surface area contributed by atoms with E-state index >= 15 is 0 Å². The van der Waals surface area contributed by atoms with Crippen molar-refractivity contribution in [3.63, 3.8) is 0 Å². The number of aryl methyl sites for hydroxylation is 3. The first-order chi connectivity index (χ1) is 10.2. The van der Waals surface area contributed by atoms with Crippen LogP contribution in [0, 0.1) is 13.8 Å². The molecule has 1 aliphatic heterocycles. The van der Waals surface area contributed by atoms with Gasteiger partial charge in [-0.3, -0.25) is 10.00 Å². The monoisotopic (exact) mass is 285 g/mol. The molecule has 0 aliphatic carbocycles. The number of aromatic amines is 1. The molecule has 1 N–H and O–H groups in total. The van der Waals surface area contributed by atoms with Crippen molar-refractivity contribution in [2.45, 2.75) is 53.1 Å². The molecule has 0 unspecified atom stereocenters. The number of H-pyrrole nitrogens is 1. The Morgan fingerprint density at radius 3 is 2.90 bits per heavy atom. The molecular formula is C16H23N5. The minimum atomic E-state index is 0.936. The van der Waals surface area contributed by atoms with Crippen LogP contribution in [0.5, 0.6) is 0 Å². The summed E-state index contributed by atoms with van der Waals surface area (Å²) < 4.78 is 0. The molecule has 0 spiro atoms. The SMILES string of the molecule is CCCc1ncc2c(n1)CCN(Cc1c(C)n[nH]c1C)C2. The molecule has 0 bridgehead atoms. The van der Waals surface area contributed by atoms with E-state index in [-0.39, 0.29) is 0 Å². The van der Waals surface area contributed by atoms with Crippen molar-refractivity contribution < 1.29 is 0 Å². The number of aromatic nitrogens is 4. The minimum absolute atomic E-state index is 0.936. The molecule has 0 amide bonds. The quantitative estimate of drug-likeness (QED) is 0.936. The maximum Gasteiger partial charge on any atom is 0.128 e. The van der Waals surface area contributed by atoms with Gasteiger partial charge in [0.1, 0.15) is 5.82 Å². The van der Waals surface area contributed by atoms with Crippen molar-refractivity contribution in [1.82, 2.24) is 25.1 Å². The van der Waals surface area contributed by atoms with Crippen LogP contribution in [-0.2, 0) is 25.9 Å². The van der Waals surface area contributed by atoms with Crippen LogP contribution in [0.1, 0.15) is 47.4 Å². The van der Waals surface area contributed by atoms with Crippen molar-refractivity contribution in [3.05, 3.63) is 40.2 Å². The Balaban J connectivity index is 1.73. The van der Waals surface area contributed by atoms with Gasteiger partial charge in [0, 0.05) is 61.2 Å². The van der Waals surface area contributed by atoms with Gasteiger partial charge < -0.3 is 0 Å². The minimum Gasteiger partial charge on any atom is -0.294 e. The maximum atomic E-state index is 4.71. The van der Waals surface area contributed by atoms with E-state index in [0.717, 1.165) is 50.4 Å². The lowest BCUT2D eigenvalue weighted by molar-refractivity contribution is 0.241. The van der Waals surface area contributed by atoms with Crippen LogP contribution in [0.2, 0.25) is 0 Å². The molecule has 0 saturated carbocycles. The van der Waals surface area contributed by atoms with Gasteiger partial charge in [0.2, 0.25) is 0 Å². The smallest absolute Gasteiger partial charge is 0.128 e. The summed E-state index contributed by atoms with van der Waals surface area (Å²) in [5.74, 6) is 0.992. The zero-order chi connectivity index (χ0) is 14.8. The molecule has 3 rings (SSSR count). The Morgan fingerprint density at radius 2 is 2.19 bits per heavy atom. The maximum absolute atomic E-state index is 4.71. The molecule has 5 heteroatoms. The average Bonchev–Trinajstić information content (AvgIpc) is 2.79. The van der Waals surface area contributed by atoms with Gasteiger partial charge in [0.25, 0.3) is 0 Å². The van der Waals surface area contributed by atoms with Crippen molar-refractivity contribution in [1.29, 1.82) is 0 Å². The molecule has 112 valence electrons. The summed E-state index contributed by atoms with van der Waals surface area (Å²) in [5.41, 5.74) is 6.12. The van der Waals surface area contributed by atoms with Crippen LogP contribution < -0.4 is 0 Å². The summed E-state index contributed by atoms with van der Waals surface area (Å²) in [7, 11) is 0. The number of hydrogen-bond acceptors (Lipinski definition) is 4. The van der Waals surface area contributed by atoms with E-state index in [2.05, 4.69) is 40.9 Å². The first kappa shape index (κ1) is 14.2. The van der Waals surface area contributed by atoms with Gasteiger partial charge in [-0.05, 0) is 20.3 Å². The normalized spacial score (nSPS) is 15.2. The Labute approximate surface area is 125 Å². The molecule has 0 atom stereocenters. The van der Waals surface area contributed by atoms with Gasteiger partial charge in [-0.2, -0.15) is 5.10 Å². The van der Waals surface area contributed by atoms with Crippen molar-refractivity contribution in [2.75, 3.05) is 6.54 Å². The van der Waals surface area contributed by atoms with E-state index in [1.807, 2.05) is 6.20 Å². The highest BCUT2D eigenvalue weighted by Crippen LogP contribution is 2.20. The van der Waals surface area contributed by atoms with Gasteiger partial charge in [0.15, 0.2) is 0 Å². The fourth-order valence-electron chi connectivity index (χ4n) is 2.93. The number of nitrogens with one attached hydrogen (secondary N) is 1. The zero-order valence-corrected chi connectivity index (χ0v) is 13.1. The third-order valence-corrected chi connectivity index (χ3v) is 4.20. The number of hydrogen-bond donors (Lipinski definition) is 1. The third-order valence-electron chi connectivity index (χ3n) is 4.20. The zero-order valence-electron chi connectivity index (χ0n) is 13.1. The van der Waals surface area contributed by atoms with Crippen molar-refractivity contribution in [3.8, 4) is 0 Å². The fraction of sp³-hybridized carbons (Fsp3) is 0.562. The highest BCUT2D eigenvalue weighted by molar-refractivity contribution is 5.25. The summed E-state index contributed by atoms with van der Waals surface area (Å²) in [5, 5.41) is 7.35. The Bertz CT molecular complexity index is 612. The summed E-state index contributed by atoms with van der Waals surface area (Å²) in [6, 6.07) is 0. The van der Waals surface area contributed by atoms with E-state index < -0.39 is 0 Å². The fourth-order valence-corrected chi connectivity index (χ4v) is 2.93. The largest absolute Gasteiger partial charge is 0.294 e. The standard InChI is InChI=1S/C16H23N5/c1-4-5-16-17-8-13-9-21(7-6-15(13)18-16)10-14-11(2)19-20-12(14)3/h8H,4-7,9-10H2,1-3H3,(H,19,20). The van der Waals surface area contributed by atoms with Crippen LogP contribution in [0.15, 0.2) is 6.20 Å². The molecule has 3 heterocycles. The topological polar surface area (TPSA) is 57.7 Å². The molecule has 0 aromatic carbocycles. The van der Waals surface area contributed by atoms with Gasteiger partial charge >= 0.3 is 0 Å². The van der Waals surface area contributed by atoms with Crippen LogP contribution in [0.4, 0.5) is 0 Å². The van der Waals surface area contributed by atoms with Gasteiger partial charge in [0.05, 0.1) is 5.69 Å². The molecule has 0 saturated heterocycles. The van der Waals surface area contributed by atoms with Gasteiger partial charge in [-0.25, -0.2) is 9.97 Å². The van der Waals surface area contributed by atoms with Gasteiger partial charge in [-0.15, -0.1) is 0 Å². The van der Waals surface area contributed by atoms with Crippen LogP contribution in [0.25, 0.3) is 0 Å². The average molecular weight is 285 g/mol. The lowest BCUT2D eigenvalue weighted by Gasteiger charge is -2.28. The Hall–Kier alpha value is -1.75. The molecule has 1 aliphatic rings. The van der Waals surface area contributed by atoms with Crippen LogP contribution >= 0.6 is 0 Å². The van der Waals surface area contributed by atoms with Crippen LogP contribution in [0.3, 0.4) is 0 Å². The second kappa shape index (κ2) is 5.93. The molecule has 2 aromatic heterocycles. The lowest BCUT2D eigenvalue weighted by atomic mass is 10.1. The lowest BCUT2D eigenvalue weighted by Crippen LogP contribution is -2.31. The Morgan fingerprint density at radius 1 is 1.33 bits per heavy atom. The number of rotatable bonds is 4. The molecule has 0 fully saturated rings. The first-order valence-electron chi connectivity index (χ1n) is 7.73. The molecular weight excluding hydrogens is 262 g/mol. The van der Waals surface area contributed by atoms with Crippen LogP contribution in [-0.4, -0.2) is 31.6 Å². The second-order valence-electron chi connectivity index (χ2n) is 5.88. The van der Waals surface area contributed by atoms with E-state index in [9.17, 15) is 0 Å². The summed E-state index contributed by atoms with van der Waals surface area (Å²) >= 11 is 0. The number of nitrogens with zero attached hydrogens (tertiary/aromatic N) is 4. The molecule has 5 nitrogen and oxygen atoms in total. The van der Waals surface area contributed by atoms with Crippen molar-refractivity contribution in [2.24, 2.45) is 0 Å². The van der Waals surface area contributed by atoms with E-state index in [0.29, 0.717) is 0 Å². The highest BCUT2D eigenvalue weighted by atomic mass is 15.2. The van der Waals surface area contributed by atoms with E-state index in [1.54, 1.807) is 0 Å². The highest BCUT2D eigenvalue weighted by Gasteiger charge is 2.20. The summed E-state index contributed by atoms with van der Waals surface area (Å²) in [6.07, 6.45) is 5.12. The Kier molecular flexibility index (Phi) is 4.01. The molecule has 2 aromatic rings. The predicted octanol–water partition coefficient (Wildman–Crippen LogP) is 2.33. The molecule has 21 heavy (non-hydrogen) atoms. The van der Waals surface area contributed by atoms with E-state index in [4.69, 9.17) is 4.98 Å². The van der Waals surface area contributed by atoms with Gasteiger partial charge in [-0.1, -0.05) is 6.92 Å². The van der Waals surface area contributed by atoms with Crippen molar-refractivity contribution >= 4 is 0 Å². The summed E-state index contributed by atoms with van der Waals surface area (Å²) in [6.45, 7) is 9.26. The van der Waals surface area contributed by atoms with E-state index in [1.165, 1.54) is 22.5 Å². The second-order valence-corrected chi connectivity index (χ2v) is 5.88. The number of fused-ring (bicyclic) bond motifs is 1. The first-order valence-corrected chi connectivity index (χ1v) is 7.73. The molecule has 0 radical (unpaired) electrons.